The first-order valence-electron chi connectivity index (χ1n) is 6.06. The molecule has 0 fully saturated rings. The number of hydrogen-bond acceptors (Lipinski definition) is 2. The highest BCUT2D eigenvalue weighted by Gasteiger charge is 2.12. The van der Waals surface area contributed by atoms with Crippen LogP contribution in [0.1, 0.15) is 22.5 Å². The zero-order valence-corrected chi connectivity index (χ0v) is 11.0. The maximum Gasteiger partial charge on any atom is 0.149 e. The van der Waals surface area contributed by atoms with Gasteiger partial charge in [0, 0.05) is 5.69 Å². The molecular weight excluding hydrogens is 229 g/mol. The minimum absolute atomic E-state index is 0.258. The fraction of sp³-hybridized carbons (Fsp3) is 0.357. The first kappa shape index (κ1) is 12.8. The number of hydrogen-bond donors (Lipinski definition) is 1. The van der Waals surface area contributed by atoms with Crippen LogP contribution in [0, 0.1) is 26.6 Å². The number of aromatic nitrogens is 2. The standard InChI is InChI=1S/C14H18FN3/c1-9-10(2)17-18(11(9)3)14-5-4-12(6-7-16)8-13(14)15/h4-5,8H,6-7,16H2,1-3H3. The van der Waals surface area contributed by atoms with Gasteiger partial charge < -0.3 is 5.73 Å². The molecule has 0 amide bonds. The molecule has 0 spiro atoms. The van der Waals surface area contributed by atoms with Crippen molar-refractivity contribution in [1.82, 2.24) is 9.78 Å². The number of nitrogens with two attached hydrogens (primary N) is 1. The van der Waals surface area contributed by atoms with Gasteiger partial charge in [0.15, 0.2) is 0 Å². The van der Waals surface area contributed by atoms with E-state index >= 15 is 0 Å². The Morgan fingerprint density at radius 1 is 1.28 bits per heavy atom. The van der Waals surface area contributed by atoms with Crippen LogP contribution in [0.5, 0.6) is 0 Å². The molecule has 0 bridgehead atoms. The third-order valence-electron chi connectivity index (χ3n) is 3.33. The lowest BCUT2D eigenvalue weighted by Crippen LogP contribution is -2.06. The molecule has 0 unspecified atom stereocenters. The first-order chi connectivity index (χ1) is 8.54. The van der Waals surface area contributed by atoms with Gasteiger partial charge in [-0.05, 0) is 57.0 Å². The molecule has 2 rings (SSSR count). The van der Waals surface area contributed by atoms with E-state index in [2.05, 4.69) is 5.10 Å². The van der Waals surface area contributed by atoms with Gasteiger partial charge in [-0.25, -0.2) is 9.07 Å². The first-order valence-corrected chi connectivity index (χ1v) is 6.06. The van der Waals surface area contributed by atoms with E-state index < -0.39 is 0 Å². The highest BCUT2D eigenvalue weighted by atomic mass is 19.1. The number of aryl methyl sites for hydroxylation is 1. The van der Waals surface area contributed by atoms with Crippen LogP contribution >= 0.6 is 0 Å². The Morgan fingerprint density at radius 3 is 2.50 bits per heavy atom. The summed E-state index contributed by atoms with van der Waals surface area (Å²) in [5.74, 6) is -0.258. The molecule has 2 N–H and O–H groups in total. The molecule has 0 radical (unpaired) electrons. The molecular formula is C14H18FN3. The topological polar surface area (TPSA) is 43.8 Å². The zero-order valence-electron chi connectivity index (χ0n) is 11.0. The molecule has 3 nitrogen and oxygen atoms in total. The van der Waals surface area contributed by atoms with Gasteiger partial charge in [-0.1, -0.05) is 6.07 Å². The fourth-order valence-electron chi connectivity index (χ4n) is 2.00. The van der Waals surface area contributed by atoms with E-state index in [9.17, 15) is 4.39 Å². The van der Waals surface area contributed by atoms with Crippen molar-refractivity contribution in [3.63, 3.8) is 0 Å². The Balaban J connectivity index is 2.48. The number of halogens is 1. The van der Waals surface area contributed by atoms with E-state index in [-0.39, 0.29) is 5.82 Å². The summed E-state index contributed by atoms with van der Waals surface area (Å²) in [5, 5.41) is 4.37. The van der Waals surface area contributed by atoms with Crippen molar-refractivity contribution in [3.8, 4) is 5.69 Å². The normalized spacial score (nSPS) is 10.9. The molecule has 4 heteroatoms. The Morgan fingerprint density at radius 2 is 2.00 bits per heavy atom. The lowest BCUT2D eigenvalue weighted by atomic mass is 10.1. The van der Waals surface area contributed by atoms with Crippen LogP contribution in [0.15, 0.2) is 18.2 Å². The second kappa shape index (κ2) is 4.90. The minimum atomic E-state index is -0.258. The molecule has 2 aromatic rings. The lowest BCUT2D eigenvalue weighted by Gasteiger charge is -2.08. The maximum atomic E-state index is 14.1. The van der Waals surface area contributed by atoms with Gasteiger partial charge in [0.05, 0.1) is 5.69 Å². The molecule has 1 aromatic carbocycles. The molecule has 1 aromatic heterocycles. The Hall–Kier alpha value is -1.68. The molecule has 18 heavy (non-hydrogen) atoms. The summed E-state index contributed by atoms with van der Waals surface area (Å²) in [4.78, 5) is 0. The minimum Gasteiger partial charge on any atom is -0.330 e. The monoisotopic (exact) mass is 247 g/mol. The Bertz CT molecular complexity index is 573. The third kappa shape index (κ3) is 2.16. The quantitative estimate of drug-likeness (QED) is 0.905. The van der Waals surface area contributed by atoms with E-state index in [1.165, 1.54) is 6.07 Å². The number of nitrogens with zero attached hydrogens (tertiary/aromatic N) is 2. The van der Waals surface area contributed by atoms with Crippen molar-refractivity contribution < 1.29 is 4.39 Å². The average Bonchev–Trinajstić information content (AvgIpc) is 2.58. The molecule has 1 heterocycles. The van der Waals surface area contributed by atoms with Gasteiger partial charge in [-0.15, -0.1) is 0 Å². The average molecular weight is 247 g/mol. The second-order valence-corrected chi connectivity index (χ2v) is 4.53. The van der Waals surface area contributed by atoms with Gasteiger partial charge in [0.2, 0.25) is 0 Å². The molecule has 0 aliphatic rings. The predicted molar refractivity (Wildman–Crippen MR) is 70.5 cm³/mol. The van der Waals surface area contributed by atoms with Gasteiger partial charge in [-0.3, -0.25) is 0 Å². The summed E-state index contributed by atoms with van der Waals surface area (Å²) in [7, 11) is 0. The highest BCUT2D eigenvalue weighted by molar-refractivity contribution is 5.39. The molecule has 96 valence electrons. The summed E-state index contributed by atoms with van der Waals surface area (Å²) in [6, 6.07) is 5.20. The van der Waals surface area contributed by atoms with Gasteiger partial charge in [-0.2, -0.15) is 5.10 Å². The summed E-state index contributed by atoms with van der Waals surface area (Å²) in [5.41, 5.74) is 9.87. The SMILES string of the molecule is Cc1nn(-c2ccc(CCN)cc2F)c(C)c1C. The van der Waals surface area contributed by atoms with Gasteiger partial charge >= 0.3 is 0 Å². The van der Waals surface area contributed by atoms with Crippen molar-refractivity contribution in [1.29, 1.82) is 0 Å². The lowest BCUT2D eigenvalue weighted by molar-refractivity contribution is 0.605. The third-order valence-corrected chi connectivity index (χ3v) is 3.33. The largest absolute Gasteiger partial charge is 0.330 e. The van der Waals surface area contributed by atoms with Crippen LogP contribution in [0.25, 0.3) is 5.69 Å². The number of rotatable bonds is 3. The second-order valence-electron chi connectivity index (χ2n) is 4.53. The van der Waals surface area contributed by atoms with Crippen LogP contribution in [0.2, 0.25) is 0 Å². The van der Waals surface area contributed by atoms with E-state index in [0.717, 1.165) is 22.5 Å². The molecule has 0 saturated carbocycles. The molecule has 0 aliphatic carbocycles. The van der Waals surface area contributed by atoms with E-state index in [1.807, 2.05) is 26.8 Å². The van der Waals surface area contributed by atoms with E-state index in [0.29, 0.717) is 18.7 Å². The van der Waals surface area contributed by atoms with Crippen molar-refractivity contribution in [2.75, 3.05) is 6.54 Å². The molecule has 0 atom stereocenters. The predicted octanol–water partition coefficient (Wildman–Crippen LogP) is 2.44. The zero-order chi connectivity index (χ0) is 13.3. The highest BCUT2D eigenvalue weighted by Crippen LogP contribution is 2.20. The van der Waals surface area contributed by atoms with Gasteiger partial charge in [0.1, 0.15) is 11.5 Å². The van der Waals surface area contributed by atoms with Gasteiger partial charge in [0.25, 0.3) is 0 Å². The summed E-state index contributed by atoms with van der Waals surface area (Å²) in [6.07, 6.45) is 0.688. The summed E-state index contributed by atoms with van der Waals surface area (Å²) < 4.78 is 15.7. The van der Waals surface area contributed by atoms with Crippen molar-refractivity contribution in [2.45, 2.75) is 27.2 Å². The van der Waals surface area contributed by atoms with E-state index in [1.54, 1.807) is 10.7 Å². The number of benzene rings is 1. The van der Waals surface area contributed by atoms with Crippen LogP contribution in [0.4, 0.5) is 4.39 Å². The van der Waals surface area contributed by atoms with Crippen LogP contribution in [-0.4, -0.2) is 16.3 Å². The van der Waals surface area contributed by atoms with Crippen LogP contribution in [-0.2, 0) is 6.42 Å². The smallest absolute Gasteiger partial charge is 0.149 e. The molecule has 0 aliphatic heterocycles. The summed E-state index contributed by atoms with van der Waals surface area (Å²) >= 11 is 0. The van der Waals surface area contributed by atoms with Crippen molar-refractivity contribution >= 4 is 0 Å². The Kier molecular flexibility index (Phi) is 3.48. The van der Waals surface area contributed by atoms with Crippen molar-refractivity contribution in [3.05, 3.63) is 46.5 Å². The maximum absolute atomic E-state index is 14.1. The van der Waals surface area contributed by atoms with Crippen molar-refractivity contribution in [2.24, 2.45) is 5.73 Å². The Labute approximate surface area is 106 Å². The van der Waals surface area contributed by atoms with Crippen LogP contribution in [0.3, 0.4) is 0 Å². The van der Waals surface area contributed by atoms with E-state index in [4.69, 9.17) is 5.73 Å². The molecule has 0 saturated heterocycles. The van der Waals surface area contributed by atoms with Crippen LogP contribution < -0.4 is 5.73 Å². The fourth-order valence-corrected chi connectivity index (χ4v) is 2.00. The summed E-state index contributed by atoms with van der Waals surface area (Å²) in [6.45, 7) is 6.40.